The quantitative estimate of drug-likeness (QED) is 0.477. The van der Waals surface area contributed by atoms with E-state index in [-0.39, 0.29) is 0 Å². The molecule has 0 atom stereocenters. The lowest BCUT2D eigenvalue weighted by atomic mass is 9.90. The van der Waals surface area contributed by atoms with Gasteiger partial charge in [-0.25, -0.2) is 4.79 Å². The minimum atomic E-state index is -0.416. The van der Waals surface area contributed by atoms with Crippen LogP contribution in [-0.4, -0.2) is 0 Å². The molecule has 0 amide bonds. The van der Waals surface area contributed by atoms with Crippen molar-refractivity contribution in [1.29, 1.82) is 0 Å². The van der Waals surface area contributed by atoms with Gasteiger partial charge in [0.05, 0.1) is 11.5 Å². The molecule has 0 saturated heterocycles. The summed E-state index contributed by atoms with van der Waals surface area (Å²) in [6, 6.07) is 27.2. The van der Waals surface area contributed by atoms with Gasteiger partial charge in [0.15, 0.2) is 0 Å². The first kappa shape index (κ1) is 14.7. The molecule has 0 saturated carbocycles. The molecule has 0 N–H and O–H groups in total. The van der Waals surface area contributed by atoms with E-state index in [0.29, 0.717) is 11.3 Å². The molecule has 1 aromatic heterocycles. The van der Waals surface area contributed by atoms with Gasteiger partial charge >= 0.3 is 5.63 Å². The van der Waals surface area contributed by atoms with Gasteiger partial charge in [-0.15, -0.1) is 0 Å². The number of benzene rings is 3. The highest BCUT2D eigenvalue weighted by atomic mass is 16.5. The van der Waals surface area contributed by atoms with E-state index in [4.69, 9.17) is 9.15 Å². The van der Waals surface area contributed by atoms with Crippen LogP contribution in [0.3, 0.4) is 0 Å². The molecule has 26 heavy (non-hydrogen) atoms. The fraction of sp³-hybridized carbons (Fsp3) is 0. The van der Waals surface area contributed by atoms with Crippen molar-refractivity contribution in [3.63, 3.8) is 0 Å². The molecule has 3 aromatic carbocycles. The summed E-state index contributed by atoms with van der Waals surface area (Å²) in [4.78, 5) is 11.9. The van der Waals surface area contributed by atoms with Crippen LogP contribution in [0.1, 0.15) is 16.7 Å². The summed E-state index contributed by atoms with van der Waals surface area (Å²) in [5.41, 5.74) is 4.12. The molecular weight excluding hydrogens is 324 g/mol. The highest BCUT2D eigenvalue weighted by Gasteiger charge is 2.26. The Bertz CT molecular complexity index is 1200. The number of rotatable bonds is 2. The Morgan fingerprint density at radius 3 is 2.12 bits per heavy atom. The predicted molar refractivity (Wildman–Crippen MR) is 102 cm³/mol. The van der Waals surface area contributed by atoms with Crippen molar-refractivity contribution in [2.75, 3.05) is 0 Å². The van der Waals surface area contributed by atoms with Crippen LogP contribution in [0.2, 0.25) is 0 Å². The summed E-state index contributed by atoms with van der Waals surface area (Å²) in [5.74, 6) is 1.27. The molecule has 3 nitrogen and oxygen atoms in total. The van der Waals surface area contributed by atoms with Crippen molar-refractivity contribution in [2.45, 2.75) is 0 Å². The third kappa shape index (κ3) is 2.25. The van der Waals surface area contributed by atoms with E-state index in [1.54, 1.807) is 6.07 Å². The van der Waals surface area contributed by atoms with Crippen molar-refractivity contribution in [3.8, 4) is 5.75 Å². The second kappa shape index (κ2) is 5.74. The van der Waals surface area contributed by atoms with Gasteiger partial charge in [-0.05, 0) is 11.6 Å². The first-order valence-corrected chi connectivity index (χ1v) is 8.41. The van der Waals surface area contributed by atoms with Gasteiger partial charge in [0.2, 0.25) is 0 Å². The second-order valence-corrected chi connectivity index (χ2v) is 6.15. The molecule has 0 spiro atoms. The Hall–Kier alpha value is -3.59. The molecular formula is C23H14O3. The minimum absolute atomic E-state index is 0.416. The van der Waals surface area contributed by atoms with E-state index in [1.807, 2.05) is 60.7 Å². The van der Waals surface area contributed by atoms with Gasteiger partial charge in [-0.1, -0.05) is 72.8 Å². The van der Waals surface area contributed by atoms with E-state index in [1.165, 1.54) is 6.07 Å². The Kier molecular flexibility index (Phi) is 3.25. The smallest absolute Gasteiger partial charge is 0.339 e. The van der Waals surface area contributed by atoms with Crippen LogP contribution in [0, 0.1) is 0 Å². The third-order valence-electron chi connectivity index (χ3n) is 4.54. The monoisotopic (exact) mass is 338 g/mol. The molecule has 5 rings (SSSR count). The standard InChI is InChI=1S/C23H14O3/c24-20-14-19-22-17(12-7-13-18(22)25-20)21(15-8-3-1-4-9-15)23(26-19)16-10-5-2-6-11-16/h1-14H. The van der Waals surface area contributed by atoms with Crippen LogP contribution in [0.5, 0.6) is 5.75 Å². The summed E-state index contributed by atoms with van der Waals surface area (Å²) in [6.07, 6.45) is 0. The van der Waals surface area contributed by atoms with Crippen LogP contribution in [0.15, 0.2) is 94.1 Å². The molecule has 124 valence electrons. The fourth-order valence-electron chi connectivity index (χ4n) is 3.44. The second-order valence-electron chi connectivity index (χ2n) is 6.15. The zero-order chi connectivity index (χ0) is 17.5. The lowest BCUT2D eigenvalue weighted by Gasteiger charge is -2.24. The van der Waals surface area contributed by atoms with E-state index in [0.717, 1.165) is 33.4 Å². The lowest BCUT2D eigenvalue weighted by Crippen LogP contribution is -2.10. The SMILES string of the molecule is O=c1cc2c3c(cccc3o1)C(c1ccccc1)=C(c1ccccc1)O2. The van der Waals surface area contributed by atoms with Crippen molar-refractivity contribution < 1.29 is 9.15 Å². The van der Waals surface area contributed by atoms with Gasteiger partial charge in [0.25, 0.3) is 0 Å². The van der Waals surface area contributed by atoms with Crippen LogP contribution in [0.4, 0.5) is 0 Å². The zero-order valence-electron chi connectivity index (χ0n) is 13.8. The van der Waals surface area contributed by atoms with Crippen LogP contribution < -0.4 is 10.4 Å². The molecule has 4 aromatic rings. The zero-order valence-corrected chi connectivity index (χ0v) is 13.8. The molecule has 2 heterocycles. The molecule has 0 bridgehead atoms. The van der Waals surface area contributed by atoms with Gasteiger partial charge in [-0.2, -0.15) is 0 Å². The first-order valence-electron chi connectivity index (χ1n) is 8.41. The average Bonchev–Trinajstić information content (AvgIpc) is 2.69. The maximum Gasteiger partial charge on any atom is 0.339 e. The van der Waals surface area contributed by atoms with E-state index >= 15 is 0 Å². The molecule has 1 aliphatic rings. The predicted octanol–water partition coefficient (Wildman–Crippen LogP) is 5.10. The van der Waals surface area contributed by atoms with E-state index < -0.39 is 5.63 Å². The van der Waals surface area contributed by atoms with Gasteiger partial charge in [0, 0.05) is 16.7 Å². The van der Waals surface area contributed by atoms with Crippen molar-refractivity contribution in [3.05, 3.63) is 112 Å². The molecule has 0 unspecified atom stereocenters. The highest BCUT2D eigenvalue weighted by Crippen LogP contribution is 2.44. The summed E-state index contributed by atoms with van der Waals surface area (Å²) in [5, 5.41) is 0.825. The Labute approximate surface area is 149 Å². The van der Waals surface area contributed by atoms with Crippen LogP contribution in [-0.2, 0) is 0 Å². The molecule has 1 aliphatic heterocycles. The fourth-order valence-corrected chi connectivity index (χ4v) is 3.44. The Morgan fingerprint density at radius 2 is 1.38 bits per heavy atom. The van der Waals surface area contributed by atoms with Crippen LogP contribution >= 0.6 is 0 Å². The largest absolute Gasteiger partial charge is 0.455 e. The average molecular weight is 338 g/mol. The maximum atomic E-state index is 11.9. The normalized spacial score (nSPS) is 12.9. The van der Waals surface area contributed by atoms with Gasteiger partial charge < -0.3 is 9.15 Å². The summed E-state index contributed by atoms with van der Waals surface area (Å²) in [7, 11) is 0. The molecule has 0 aliphatic carbocycles. The van der Waals surface area contributed by atoms with Gasteiger partial charge in [0.1, 0.15) is 17.1 Å². The summed E-state index contributed by atoms with van der Waals surface area (Å²) >= 11 is 0. The van der Waals surface area contributed by atoms with Crippen molar-refractivity contribution >= 4 is 22.3 Å². The molecule has 0 radical (unpaired) electrons. The number of hydrogen-bond acceptors (Lipinski definition) is 3. The lowest BCUT2D eigenvalue weighted by molar-refractivity contribution is 0.498. The van der Waals surface area contributed by atoms with Crippen molar-refractivity contribution in [1.82, 2.24) is 0 Å². The van der Waals surface area contributed by atoms with Gasteiger partial charge in [-0.3, -0.25) is 0 Å². The number of hydrogen-bond donors (Lipinski definition) is 0. The van der Waals surface area contributed by atoms with Crippen molar-refractivity contribution in [2.24, 2.45) is 0 Å². The maximum absolute atomic E-state index is 11.9. The first-order chi connectivity index (χ1) is 12.8. The minimum Gasteiger partial charge on any atom is -0.455 e. The summed E-state index contributed by atoms with van der Waals surface area (Å²) < 4.78 is 11.6. The topological polar surface area (TPSA) is 39.4 Å². The number of ether oxygens (including phenoxy) is 1. The van der Waals surface area contributed by atoms with Crippen LogP contribution in [0.25, 0.3) is 22.3 Å². The van der Waals surface area contributed by atoms with E-state index in [2.05, 4.69) is 12.1 Å². The Balaban J connectivity index is 1.91. The molecule has 0 fully saturated rings. The highest BCUT2D eigenvalue weighted by molar-refractivity contribution is 6.08. The molecule has 3 heteroatoms. The third-order valence-corrected chi connectivity index (χ3v) is 4.54. The summed E-state index contributed by atoms with van der Waals surface area (Å²) in [6.45, 7) is 0. The Morgan fingerprint density at radius 1 is 0.692 bits per heavy atom. The van der Waals surface area contributed by atoms with E-state index in [9.17, 15) is 4.79 Å².